The van der Waals surface area contributed by atoms with Crippen LogP contribution >= 0.6 is 12.2 Å². The highest BCUT2D eigenvalue weighted by Crippen LogP contribution is 2.33. The van der Waals surface area contributed by atoms with E-state index in [1.54, 1.807) is 0 Å². The molecule has 0 radical (unpaired) electrons. The van der Waals surface area contributed by atoms with Crippen molar-refractivity contribution in [1.82, 2.24) is 4.90 Å². The molecule has 104 valence electrons. The van der Waals surface area contributed by atoms with E-state index >= 15 is 0 Å². The molecule has 1 aliphatic rings. The van der Waals surface area contributed by atoms with Crippen LogP contribution in [0.3, 0.4) is 0 Å². The molecular weight excluding hydrogens is 244 g/mol. The van der Waals surface area contributed by atoms with E-state index in [-0.39, 0.29) is 5.91 Å². The van der Waals surface area contributed by atoms with Crippen molar-refractivity contribution < 1.29 is 4.79 Å². The van der Waals surface area contributed by atoms with Crippen LogP contribution in [0.25, 0.3) is 0 Å². The predicted octanol–water partition coefficient (Wildman–Crippen LogP) is 2.58. The zero-order valence-corrected chi connectivity index (χ0v) is 12.8. The van der Waals surface area contributed by atoms with Gasteiger partial charge >= 0.3 is 0 Å². The van der Waals surface area contributed by atoms with Crippen LogP contribution in [0, 0.1) is 17.3 Å². The van der Waals surface area contributed by atoms with Gasteiger partial charge in [0.25, 0.3) is 0 Å². The summed E-state index contributed by atoms with van der Waals surface area (Å²) >= 11 is 5.15. The van der Waals surface area contributed by atoms with E-state index in [1.165, 1.54) is 0 Å². The summed E-state index contributed by atoms with van der Waals surface area (Å²) in [4.78, 5) is 15.0. The average Bonchev–Trinajstić information content (AvgIpc) is 2.80. The Balaban J connectivity index is 2.83. The fourth-order valence-corrected chi connectivity index (χ4v) is 3.20. The quantitative estimate of drug-likeness (QED) is 0.781. The van der Waals surface area contributed by atoms with Crippen LogP contribution in [-0.4, -0.2) is 28.9 Å². The molecule has 1 aliphatic heterocycles. The monoisotopic (exact) mass is 270 g/mol. The number of amides is 1. The maximum atomic E-state index is 12.7. The maximum absolute atomic E-state index is 12.7. The van der Waals surface area contributed by atoms with E-state index in [1.807, 2.05) is 18.7 Å². The SMILES string of the molecule is CCC(CC)(C(=O)N1CCC(C(C)C)C1)C(N)=S. The first kappa shape index (κ1) is 15.4. The topological polar surface area (TPSA) is 46.3 Å². The number of rotatable bonds is 5. The Kier molecular flexibility index (Phi) is 5.14. The van der Waals surface area contributed by atoms with Gasteiger partial charge in [-0.3, -0.25) is 4.79 Å². The molecule has 1 atom stereocenters. The lowest BCUT2D eigenvalue weighted by molar-refractivity contribution is -0.137. The average molecular weight is 270 g/mol. The summed E-state index contributed by atoms with van der Waals surface area (Å²) in [6.45, 7) is 10.2. The van der Waals surface area contributed by atoms with E-state index < -0.39 is 5.41 Å². The smallest absolute Gasteiger partial charge is 0.235 e. The first-order chi connectivity index (χ1) is 8.39. The van der Waals surface area contributed by atoms with E-state index in [2.05, 4.69) is 13.8 Å². The minimum Gasteiger partial charge on any atom is -0.392 e. The fourth-order valence-electron chi connectivity index (χ4n) is 2.82. The summed E-state index contributed by atoms with van der Waals surface area (Å²) in [5, 5.41) is 0. The molecule has 2 N–H and O–H groups in total. The first-order valence-corrected chi connectivity index (χ1v) is 7.39. The highest BCUT2D eigenvalue weighted by atomic mass is 32.1. The first-order valence-electron chi connectivity index (χ1n) is 6.98. The van der Waals surface area contributed by atoms with Gasteiger partial charge in [0.2, 0.25) is 5.91 Å². The number of nitrogens with two attached hydrogens (primary N) is 1. The summed E-state index contributed by atoms with van der Waals surface area (Å²) in [6.07, 6.45) is 2.49. The van der Waals surface area contributed by atoms with Crippen LogP contribution in [-0.2, 0) is 4.79 Å². The number of carbonyl (C=O) groups excluding carboxylic acids is 1. The highest BCUT2D eigenvalue weighted by molar-refractivity contribution is 7.80. The Morgan fingerprint density at radius 1 is 1.44 bits per heavy atom. The lowest BCUT2D eigenvalue weighted by atomic mass is 9.80. The van der Waals surface area contributed by atoms with Gasteiger partial charge in [-0.25, -0.2) is 0 Å². The highest BCUT2D eigenvalue weighted by Gasteiger charge is 2.43. The van der Waals surface area contributed by atoms with E-state index in [4.69, 9.17) is 18.0 Å². The third-order valence-corrected chi connectivity index (χ3v) is 4.93. The lowest BCUT2D eigenvalue weighted by Crippen LogP contribution is -2.49. The molecule has 1 heterocycles. The minimum absolute atomic E-state index is 0.142. The standard InChI is InChI=1S/C14H26N2OS/c1-5-14(6-2,12(15)18)13(17)16-8-7-11(9-16)10(3)4/h10-11H,5-9H2,1-4H3,(H2,15,18). The van der Waals surface area contributed by atoms with Crippen molar-refractivity contribution >= 4 is 23.1 Å². The summed E-state index contributed by atoms with van der Waals surface area (Å²) in [7, 11) is 0. The largest absolute Gasteiger partial charge is 0.392 e. The predicted molar refractivity (Wildman–Crippen MR) is 79.3 cm³/mol. The molecule has 18 heavy (non-hydrogen) atoms. The van der Waals surface area contributed by atoms with Gasteiger partial charge in [-0.2, -0.15) is 0 Å². The molecule has 0 aliphatic carbocycles. The van der Waals surface area contributed by atoms with Gasteiger partial charge in [-0.05, 0) is 31.1 Å². The van der Waals surface area contributed by atoms with Crippen LogP contribution < -0.4 is 5.73 Å². The van der Waals surface area contributed by atoms with Crippen LogP contribution in [0.15, 0.2) is 0 Å². The van der Waals surface area contributed by atoms with Gasteiger partial charge in [0.1, 0.15) is 0 Å². The molecule has 0 bridgehead atoms. The Morgan fingerprint density at radius 2 is 2.00 bits per heavy atom. The molecule has 4 heteroatoms. The molecule has 0 aromatic carbocycles. The van der Waals surface area contributed by atoms with Crippen LogP contribution in [0.4, 0.5) is 0 Å². The number of likely N-dealkylation sites (tertiary alicyclic amines) is 1. The Hall–Kier alpha value is -0.640. The molecular formula is C14H26N2OS. The second-order valence-corrected chi connectivity index (χ2v) is 6.14. The van der Waals surface area contributed by atoms with Gasteiger partial charge in [0.15, 0.2) is 0 Å². The molecule has 0 aromatic heterocycles. The van der Waals surface area contributed by atoms with Gasteiger partial charge in [0.05, 0.1) is 10.4 Å². The van der Waals surface area contributed by atoms with E-state index in [0.29, 0.717) is 29.7 Å². The zero-order valence-electron chi connectivity index (χ0n) is 12.0. The molecule has 1 amide bonds. The molecule has 1 saturated heterocycles. The molecule has 0 saturated carbocycles. The van der Waals surface area contributed by atoms with Crippen molar-refractivity contribution in [2.24, 2.45) is 23.0 Å². The molecule has 1 unspecified atom stereocenters. The molecule has 3 nitrogen and oxygen atoms in total. The van der Waals surface area contributed by atoms with Crippen LogP contribution in [0.2, 0.25) is 0 Å². The fraction of sp³-hybridized carbons (Fsp3) is 0.857. The summed E-state index contributed by atoms with van der Waals surface area (Å²) in [5.41, 5.74) is 5.22. The minimum atomic E-state index is -0.624. The molecule has 0 aromatic rings. The van der Waals surface area contributed by atoms with Crippen LogP contribution in [0.5, 0.6) is 0 Å². The number of hydrogen-bond acceptors (Lipinski definition) is 2. The van der Waals surface area contributed by atoms with Crippen molar-refractivity contribution in [1.29, 1.82) is 0 Å². The third-order valence-electron chi connectivity index (χ3n) is 4.54. The van der Waals surface area contributed by atoms with Gasteiger partial charge in [0, 0.05) is 13.1 Å². The van der Waals surface area contributed by atoms with Crippen molar-refractivity contribution in [2.45, 2.75) is 47.0 Å². The number of hydrogen-bond donors (Lipinski definition) is 1. The third kappa shape index (κ3) is 2.68. The Morgan fingerprint density at radius 3 is 2.33 bits per heavy atom. The van der Waals surface area contributed by atoms with Crippen molar-refractivity contribution in [3.05, 3.63) is 0 Å². The van der Waals surface area contributed by atoms with Crippen molar-refractivity contribution in [3.63, 3.8) is 0 Å². The van der Waals surface area contributed by atoms with Crippen LogP contribution in [0.1, 0.15) is 47.0 Å². The second kappa shape index (κ2) is 6.00. The Bertz CT molecular complexity index is 324. The maximum Gasteiger partial charge on any atom is 0.235 e. The van der Waals surface area contributed by atoms with Gasteiger partial charge in [-0.1, -0.05) is 39.9 Å². The lowest BCUT2D eigenvalue weighted by Gasteiger charge is -2.33. The van der Waals surface area contributed by atoms with Crippen molar-refractivity contribution in [2.75, 3.05) is 13.1 Å². The number of thiocarbonyl (C=S) groups is 1. The molecule has 1 fully saturated rings. The summed E-state index contributed by atoms with van der Waals surface area (Å²) < 4.78 is 0. The van der Waals surface area contributed by atoms with Gasteiger partial charge in [-0.15, -0.1) is 0 Å². The zero-order chi connectivity index (χ0) is 13.9. The number of nitrogens with zero attached hydrogens (tertiary/aromatic N) is 1. The molecule has 0 spiro atoms. The van der Waals surface area contributed by atoms with E-state index in [0.717, 1.165) is 19.5 Å². The number of carbonyl (C=O) groups is 1. The normalized spacial score (nSPS) is 20.5. The molecule has 1 rings (SSSR count). The van der Waals surface area contributed by atoms with Gasteiger partial charge < -0.3 is 10.6 Å². The summed E-state index contributed by atoms with van der Waals surface area (Å²) in [6, 6.07) is 0. The summed E-state index contributed by atoms with van der Waals surface area (Å²) in [5.74, 6) is 1.39. The van der Waals surface area contributed by atoms with Crippen molar-refractivity contribution in [3.8, 4) is 0 Å². The Labute approximate surface area is 116 Å². The second-order valence-electron chi connectivity index (χ2n) is 5.70. The van der Waals surface area contributed by atoms with E-state index in [9.17, 15) is 4.79 Å².